The van der Waals surface area contributed by atoms with Crippen molar-refractivity contribution in [1.29, 1.82) is 0 Å². The zero-order valence-corrected chi connectivity index (χ0v) is 34.1. The third-order valence-corrected chi connectivity index (χ3v) is 12.7. The normalized spacial score (nSPS) is 12.6. The number of para-hydroxylation sites is 3. The molecule has 0 N–H and O–H groups in total. The largest absolute Gasteiger partial charge is 0.456 e. The van der Waals surface area contributed by atoms with Crippen LogP contribution in [0.4, 0.5) is 0 Å². The molecule has 0 spiro atoms. The Morgan fingerprint density at radius 1 is 0.413 bits per heavy atom. The van der Waals surface area contributed by atoms with Crippen LogP contribution in [0.2, 0.25) is 0 Å². The fourth-order valence-corrected chi connectivity index (χ4v) is 9.73. The lowest BCUT2D eigenvalue weighted by molar-refractivity contribution is 0.595. The maximum Gasteiger partial charge on any atom is 0.166 e. The average Bonchev–Trinajstić information content (AvgIpc) is 4.01. The van der Waals surface area contributed by atoms with Gasteiger partial charge < -0.3 is 13.6 Å². The fourth-order valence-electron chi connectivity index (χ4n) is 9.73. The van der Waals surface area contributed by atoms with Gasteiger partial charge in [-0.1, -0.05) is 146 Å². The van der Waals surface area contributed by atoms with E-state index in [1.165, 1.54) is 38.2 Å². The van der Waals surface area contributed by atoms with Crippen molar-refractivity contribution in [3.63, 3.8) is 0 Å². The zero-order valence-electron chi connectivity index (χ0n) is 34.1. The molecule has 0 amide bonds. The van der Waals surface area contributed by atoms with Crippen molar-refractivity contribution in [3.8, 4) is 56.7 Å². The minimum atomic E-state index is 0.589. The summed E-state index contributed by atoms with van der Waals surface area (Å²) in [7, 11) is 0. The van der Waals surface area contributed by atoms with Crippen LogP contribution in [-0.2, 0) is 6.42 Å². The molecule has 63 heavy (non-hydrogen) atoms. The Morgan fingerprint density at radius 2 is 1.00 bits per heavy atom. The summed E-state index contributed by atoms with van der Waals surface area (Å²) in [5.41, 5.74) is 13.7. The maximum absolute atomic E-state index is 6.38. The summed E-state index contributed by atoms with van der Waals surface area (Å²) in [5.74, 6) is 2.73. The summed E-state index contributed by atoms with van der Waals surface area (Å²) in [5, 5.41) is 5.93. The van der Waals surface area contributed by atoms with Gasteiger partial charge in [0, 0.05) is 54.9 Å². The summed E-state index contributed by atoms with van der Waals surface area (Å²) in [4.78, 5) is 15.6. The quantitative estimate of drug-likeness (QED) is 0.168. The molecule has 0 saturated carbocycles. The first-order valence-corrected chi connectivity index (χ1v) is 21.5. The highest BCUT2D eigenvalue weighted by Crippen LogP contribution is 2.40. The number of aromatic nitrogens is 5. The minimum Gasteiger partial charge on any atom is -0.456 e. The van der Waals surface area contributed by atoms with Crippen molar-refractivity contribution >= 4 is 60.7 Å². The zero-order chi connectivity index (χ0) is 41.4. The van der Waals surface area contributed by atoms with Crippen LogP contribution in [0.15, 0.2) is 199 Å². The van der Waals surface area contributed by atoms with E-state index in [1.807, 2.05) is 18.2 Å². The third-order valence-electron chi connectivity index (χ3n) is 12.7. The molecule has 4 aromatic heterocycles. The molecule has 1 aliphatic rings. The van der Waals surface area contributed by atoms with Crippen molar-refractivity contribution in [1.82, 2.24) is 24.1 Å². The van der Waals surface area contributed by atoms with Gasteiger partial charge in [0.05, 0.1) is 27.8 Å². The Labute approximate surface area is 362 Å². The van der Waals surface area contributed by atoms with E-state index in [1.54, 1.807) is 0 Å². The smallest absolute Gasteiger partial charge is 0.166 e. The summed E-state index contributed by atoms with van der Waals surface area (Å²) in [6.45, 7) is 0. The molecule has 0 saturated heterocycles. The first-order chi connectivity index (χ1) is 31.2. The van der Waals surface area contributed by atoms with Crippen LogP contribution in [-0.4, -0.2) is 24.1 Å². The predicted molar refractivity (Wildman–Crippen MR) is 257 cm³/mol. The van der Waals surface area contributed by atoms with E-state index < -0.39 is 0 Å². The van der Waals surface area contributed by atoms with Gasteiger partial charge in [-0.15, -0.1) is 0 Å². The lowest BCUT2D eigenvalue weighted by Gasteiger charge is -2.15. The molecule has 0 aliphatic heterocycles. The van der Waals surface area contributed by atoms with Crippen LogP contribution >= 0.6 is 0 Å². The number of rotatable bonds is 6. The van der Waals surface area contributed by atoms with Gasteiger partial charge in [-0.2, -0.15) is 0 Å². The SMILES string of the molecule is C1=Cc2oc3cc(-c4nc(-c5ccccc5)nc(-c5ccccc5-n5c6ccccc6c6ccc(-n7c8ccccc8c8ccc(-c9ccccc9)cc87)cc65)n4)ccc3c2CC1. The number of hydrogen-bond acceptors (Lipinski definition) is 4. The van der Waals surface area contributed by atoms with Crippen LogP contribution in [0.5, 0.6) is 0 Å². The van der Waals surface area contributed by atoms with Crippen molar-refractivity contribution in [2.75, 3.05) is 0 Å². The molecule has 8 aromatic carbocycles. The molecule has 13 rings (SSSR count). The van der Waals surface area contributed by atoms with Crippen molar-refractivity contribution < 1.29 is 4.42 Å². The summed E-state index contributed by atoms with van der Waals surface area (Å²) < 4.78 is 11.2. The Bertz CT molecular complexity index is 3800. The highest BCUT2D eigenvalue weighted by Gasteiger charge is 2.22. The molecule has 0 unspecified atom stereocenters. The van der Waals surface area contributed by atoms with Crippen molar-refractivity contribution in [3.05, 3.63) is 205 Å². The lowest BCUT2D eigenvalue weighted by atomic mass is 10.0. The summed E-state index contributed by atoms with van der Waals surface area (Å²) in [6, 6.07) is 66.7. The van der Waals surface area contributed by atoms with Crippen molar-refractivity contribution in [2.45, 2.75) is 12.8 Å². The highest BCUT2D eigenvalue weighted by molar-refractivity contribution is 6.12. The number of furan rings is 1. The second-order valence-corrected chi connectivity index (χ2v) is 16.3. The fraction of sp³-hybridized carbons (Fsp3) is 0.0351. The van der Waals surface area contributed by atoms with E-state index in [0.717, 1.165) is 79.7 Å². The molecular formula is C57H37N5O. The van der Waals surface area contributed by atoms with Gasteiger partial charge in [0.2, 0.25) is 0 Å². The van der Waals surface area contributed by atoms with E-state index in [-0.39, 0.29) is 0 Å². The molecule has 0 bridgehead atoms. The predicted octanol–water partition coefficient (Wildman–Crippen LogP) is 14.4. The molecule has 12 aromatic rings. The summed E-state index contributed by atoms with van der Waals surface area (Å²) >= 11 is 0. The van der Waals surface area contributed by atoms with Gasteiger partial charge in [-0.25, -0.2) is 15.0 Å². The Morgan fingerprint density at radius 3 is 1.79 bits per heavy atom. The average molecular weight is 808 g/mol. The van der Waals surface area contributed by atoms with Crippen LogP contribution in [0, 0.1) is 0 Å². The monoisotopic (exact) mass is 807 g/mol. The number of aryl methyl sites for hydroxylation is 1. The van der Waals surface area contributed by atoms with Crippen LogP contribution in [0.3, 0.4) is 0 Å². The molecule has 0 fully saturated rings. The topological polar surface area (TPSA) is 61.7 Å². The molecule has 0 radical (unpaired) electrons. The second-order valence-electron chi connectivity index (χ2n) is 16.3. The molecular weight excluding hydrogens is 771 g/mol. The molecule has 4 heterocycles. The van der Waals surface area contributed by atoms with Crippen molar-refractivity contribution in [2.24, 2.45) is 0 Å². The third kappa shape index (κ3) is 5.69. The highest BCUT2D eigenvalue weighted by atomic mass is 16.3. The van der Waals surface area contributed by atoms with Gasteiger partial charge in [0.25, 0.3) is 0 Å². The van der Waals surface area contributed by atoms with E-state index in [9.17, 15) is 0 Å². The first-order valence-electron chi connectivity index (χ1n) is 21.5. The number of fused-ring (bicyclic) bond motifs is 9. The molecule has 1 aliphatic carbocycles. The maximum atomic E-state index is 6.38. The van der Waals surface area contributed by atoms with Gasteiger partial charge in [0.1, 0.15) is 11.3 Å². The first kappa shape index (κ1) is 35.4. The van der Waals surface area contributed by atoms with E-state index >= 15 is 0 Å². The Hall–Kier alpha value is -8.35. The molecule has 296 valence electrons. The number of benzene rings is 8. The Kier molecular flexibility index (Phi) is 7.93. The molecule has 0 atom stereocenters. The molecule has 6 heteroatoms. The molecule has 6 nitrogen and oxygen atoms in total. The standard InChI is InChI=1S/C57H37N5O/c1-3-15-36(16-4-1)38-27-30-43-41-19-7-11-23-48(41)61(51(43)33-38)40-29-32-44-42-20-8-12-24-49(42)62(52(44)35-40)50-25-13-9-22-47(50)57-59-55(37-17-5-2-6-18-37)58-56(60-57)39-28-31-46-45-21-10-14-26-53(45)63-54(46)34-39/h1-9,11-20,22-35H,10,21H2. The van der Waals surface area contributed by atoms with Crippen LogP contribution in [0.25, 0.3) is 117 Å². The number of hydrogen-bond donors (Lipinski definition) is 0. The van der Waals surface area contributed by atoms with Gasteiger partial charge in [0.15, 0.2) is 17.5 Å². The second kappa shape index (κ2) is 14.1. The number of nitrogens with zero attached hydrogens (tertiary/aromatic N) is 5. The van der Waals surface area contributed by atoms with Crippen LogP contribution in [0.1, 0.15) is 17.7 Å². The lowest BCUT2D eigenvalue weighted by Crippen LogP contribution is -2.04. The number of allylic oxidation sites excluding steroid dienone is 1. The van der Waals surface area contributed by atoms with E-state index in [0.29, 0.717) is 17.5 Å². The van der Waals surface area contributed by atoms with Crippen LogP contribution < -0.4 is 0 Å². The minimum absolute atomic E-state index is 0.589. The van der Waals surface area contributed by atoms with E-state index in [2.05, 4.69) is 191 Å². The van der Waals surface area contributed by atoms with E-state index in [4.69, 9.17) is 19.4 Å². The van der Waals surface area contributed by atoms with Gasteiger partial charge in [-0.3, -0.25) is 0 Å². The Balaban J connectivity index is 1.03. The summed E-state index contributed by atoms with van der Waals surface area (Å²) in [6.07, 6.45) is 6.26. The van der Waals surface area contributed by atoms with Gasteiger partial charge >= 0.3 is 0 Å². The van der Waals surface area contributed by atoms with Gasteiger partial charge in [-0.05, 0) is 78.6 Å².